The second-order valence-corrected chi connectivity index (χ2v) is 7.30. The minimum Gasteiger partial charge on any atom is -0.454 e. The van der Waals surface area contributed by atoms with Gasteiger partial charge in [0, 0.05) is 26.2 Å². The lowest BCUT2D eigenvalue weighted by atomic mass is 10.1. The van der Waals surface area contributed by atoms with Gasteiger partial charge >= 0.3 is 0 Å². The van der Waals surface area contributed by atoms with Crippen molar-refractivity contribution in [3.63, 3.8) is 0 Å². The summed E-state index contributed by atoms with van der Waals surface area (Å²) in [5.74, 6) is 1.58. The van der Waals surface area contributed by atoms with E-state index in [1.807, 2.05) is 24.3 Å². The first-order valence-electron chi connectivity index (χ1n) is 9.56. The summed E-state index contributed by atoms with van der Waals surface area (Å²) in [4.78, 5) is 2.41. The Morgan fingerprint density at radius 1 is 1.04 bits per heavy atom. The summed E-state index contributed by atoms with van der Waals surface area (Å²) in [6.45, 7) is 5.26. The molecule has 6 nitrogen and oxygen atoms in total. The molecule has 1 saturated heterocycles. The van der Waals surface area contributed by atoms with E-state index in [-0.39, 0.29) is 12.8 Å². The fourth-order valence-electron chi connectivity index (χ4n) is 3.40. The van der Waals surface area contributed by atoms with E-state index >= 15 is 0 Å². The zero-order chi connectivity index (χ0) is 19.2. The van der Waals surface area contributed by atoms with E-state index in [9.17, 15) is 0 Å². The molecule has 1 fully saturated rings. The van der Waals surface area contributed by atoms with Crippen molar-refractivity contribution in [1.82, 2.24) is 15.5 Å². The topological polar surface area (TPSA) is 55.0 Å². The Kier molecular flexibility index (Phi) is 6.26. The van der Waals surface area contributed by atoms with E-state index in [2.05, 4.69) is 39.8 Å². The third-order valence-corrected chi connectivity index (χ3v) is 5.20. The summed E-state index contributed by atoms with van der Waals surface area (Å²) in [5, 5.41) is 7.43. The zero-order valence-corrected chi connectivity index (χ0v) is 16.5. The molecule has 0 spiro atoms. The maximum absolute atomic E-state index is 5.58. The van der Waals surface area contributed by atoms with Gasteiger partial charge in [0.2, 0.25) is 6.79 Å². The minimum atomic E-state index is 0.121. The Balaban J connectivity index is 1.36. The largest absolute Gasteiger partial charge is 0.454 e. The van der Waals surface area contributed by atoms with Crippen molar-refractivity contribution < 1.29 is 14.2 Å². The Morgan fingerprint density at radius 3 is 2.64 bits per heavy atom. The summed E-state index contributed by atoms with van der Waals surface area (Å²) in [5.41, 5.74) is 2.32. The molecule has 2 N–H and O–H groups in total. The zero-order valence-electron chi connectivity index (χ0n) is 15.7. The summed E-state index contributed by atoms with van der Waals surface area (Å²) in [6.07, 6.45) is 0. The van der Waals surface area contributed by atoms with Crippen LogP contribution in [0, 0.1) is 0 Å². The molecule has 0 saturated carbocycles. The number of hydrogen-bond acceptors (Lipinski definition) is 5. The summed E-state index contributed by atoms with van der Waals surface area (Å²) >= 11 is 5.58. The number of rotatable bonds is 6. The van der Waals surface area contributed by atoms with Crippen LogP contribution in [0.5, 0.6) is 11.5 Å². The van der Waals surface area contributed by atoms with Crippen molar-refractivity contribution in [3.8, 4) is 11.5 Å². The van der Waals surface area contributed by atoms with Gasteiger partial charge in [0.25, 0.3) is 0 Å². The molecule has 2 aliphatic rings. The Labute approximate surface area is 170 Å². The van der Waals surface area contributed by atoms with Crippen molar-refractivity contribution in [1.29, 1.82) is 0 Å². The van der Waals surface area contributed by atoms with Gasteiger partial charge in [-0.3, -0.25) is 4.90 Å². The van der Waals surface area contributed by atoms with Crippen molar-refractivity contribution in [2.45, 2.75) is 12.6 Å². The van der Waals surface area contributed by atoms with Gasteiger partial charge in [0.1, 0.15) is 0 Å². The molecule has 2 aromatic rings. The first-order chi connectivity index (χ1) is 13.8. The molecular weight excluding hydrogens is 374 g/mol. The minimum absolute atomic E-state index is 0.121. The SMILES string of the molecule is S=C(NCc1ccc2c(c1)OCO2)N[C@H](CN1CCOCC1)c1ccccc1. The van der Waals surface area contributed by atoms with Crippen LogP contribution in [-0.4, -0.2) is 49.7 Å². The highest BCUT2D eigenvalue weighted by Crippen LogP contribution is 2.32. The molecule has 7 heteroatoms. The molecule has 0 bridgehead atoms. The Bertz CT molecular complexity index is 797. The molecule has 28 heavy (non-hydrogen) atoms. The number of nitrogens with zero attached hydrogens (tertiary/aromatic N) is 1. The summed E-state index contributed by atoms with van der Waals surface area (Å²) in [6, 6.07) is 16.5. The van der Waals surface area contributed by atoms with Gasteiger partial charge in [0.05, 0.1) is 19.3 Å². The number of nitrogens with one attached hydrogen (secondary N) is 2. The van der Waals surface area contributed by atoms with Crippen molar-refractivity contribution >= 4 is 17.3 Å². The fraction of sp³-hybridized carbons (Fsp3) is 0.381. The van der Waals surface area contributed by atoms with Crippen LogP contribution < -0.4 is 20.1 Å². The second-order valence-electron chi connectivity index (χ2n) is 6.89. The Morgan fingerprint density at radius 2 is 1.82 bits per heavy atom. The lowest BCUT2D eigenvalue weighted by Gasteiger charge is -2.31. The molecule has 0 unspecified atom stereocenters. The number of ether oxygens (including phenoxy) is 3. The van der Waals surface area contributed by atoms with Crippen molar-refractivity contribution in [2.75, 3.05) is 39.6 Å². The summed E-state index contributed by atoms with van der Waals surface area (Å²) < 4.78 is 16.3. The molecule has 0 aromatic heterocycles. The molecule has 4 rings (SSSR count). The van der Waals surface area contributed by atoms with Crippen LogP contribution in [0.1, 0.15) is 17.2 Å². The number of thiocarbonyl (C=S) groups is 1. The molecule has 2 aliphatic heterocycles. The standard InChI is InChI=1S/C21H25N3O3S/c28-21(22-13-16-6-7-19-20(12-16)27-15-26-19)23-18(17-4-2-1-3-5-17)14-24-8-10-25-11-9-24/h1-7,12,18H,8-11,13-15H2,(H2,22,23,28)/t18-/m1/s1. The predicted octanol–water partition coefficient (Wildman–Crippen LogP) is 2.45. The van der Waals surface area contributed by atoms with Crippen LogP contribution in [0.15, 0.2) is 48.5 Å². The van der Waals surface area contributed by atoms with Crippen LogP contribution in [-0.2, 0) is 11.3 Å². The highest BCUT2D eigenvalue weighted by atomic mass is 32.1. The smallest absolute Gasteiger partial charge is 0.231 e. The van der Waals surface area contributed by atoms with Gasteiger partial charge in [-0.2, -0.15) is 0 Å². The number of fused-ring (bicyclic) bond motifs is 1. The molecule has 148 valence electrons. The summed E-state index contributed by atoms with van der Waals surface area (Å²) in [7, 11) is 0. The average Bonchev–Trinajstić information content (AvgIpc) is 3.21. The Hall–Kier alpha value is -2.35. The third kappa shape index (κ3) is 4.92. The molecular formula is C21H25N3O3S. The first-order valence-corrected chi connectivity index (χ1v) is 9.97. The van der Waals surface area contributed by atoms with Gasteiger partial charge < -0.3 is 24.8 Å². The highest BCUT2D eigenvalue weighted by molar-refractivity contribution is 7.80. The average molecular weight is 400 g/mol. The van der Waals surface area contributed by atoms with Crippen LogP contribution in [0.2, 0.25) is 0 Å². The number of benzene rings is 2. The van der Waals surface area contributed by atoms with Crippen LogP contribution in [0.3, 0.4) is 0 Å². The van der Waals surface area contributed by atoms with E-state index in [4.69, 9.17) is 26.4 Å². The molecule has 0 radical (unpaired) electrons. The van der Waals surface area contributed by atoms with Crippen molar-refractivity contribution in [3.05, 3.63) is 59.7 Å². The number of hydrogen-bond donors (Lipinski definition) is 2. The van der Waals surface area contributed by atoms with E-state index in [1.165, 1.54) is 5.56 Å². The molecule has 0 aliphatic carbocycles. The van der Waals surface area contributed by atoms with Gasteiger partial charge in [-0.25, -0.2) is 0 Å². The van der Waals surface area contributed by atoms with E-state index in [0.29, 0.717) is 11.7 Å². The lowest BCUT2D eigenvalue weighted by molar-refractivity contribution is 0.0343. The molecule has 2 aromatic carbocycles. The molecule has 2 heterocycles. The van der Waals surface area contributed by atoms with E-state index in [1.54, 1.807) is 0 Å². The highest BCUT2D eigenvalue weighted by Gasteiger charge is 2.19. The van der Waals surface area contributed by atoms with Crippen LogP contribution in [0.25, 0.3) is 0 Å². The lowest BCUT2D eigenvalue weighted by Crippen LogP contribution is -2.45. The number of morpholine rings is 1. The van der Waals surface area contributed by atoms with Gasteiger partial charge in [-0.15, -0.1) is 0 Å². The van der Waals surface area contributed by atoms with Gasteiger partial charge in [-0.05, 0) is 35.5 Å². The van der Waals surface area contributed by atoms with E-state index < -0.39 is 0 Å². The van der Waals surface area contributed by atoms with E-state index in [0.717, 1.165) is 49.9 Å². The predicted molar refractivity (Wildman–Crippen MR) is 112 cm³/mol. The first kappa shape index (κ1) is 19.0. The fourth-order valence-corrected chi connectivity index (χ4v) is 3.62. The van der Waals surface area contributed by atoms with Gasteiger partial charge in [0.15, 0.2) is 16.6 Å². The maximum atomic E-state index is 5.58. The maximum Gasteiger partial charge on any atom is 0.231 e. The molecule has 1 atom stereocenters. The third-order valence-electron chi connectivity index (χ3n) is 4.94. The van der Waals surface area contributed by atoms with Crippen molar-refractivity contribution in [2.24, 2.45) is 0 Å². The second kappa shape index (κ2) is 9.23. The van der Waals surface area contributed by atoms with Gasteiger partial charge in [-0.1, -0.05) is 36.4 Å². The quantitative estimate of drug-likeness (QED) is 0.724. The van der Waals surface area contributed by atoms with Crippen LogP contribution in [0.4, 0.5) is 0 Å². The normalized spacial score (nSPS) is 17.1. The monoisotopic (exact) mass is 399 g/mol. The molecule has 0 amide bonds. The van der Waals surface area contributed by atoms with Crippen LogP contribution >= 0.6 is 12.2 Å².